The van der Waals surface area contributed by atoms with E-state index in [0.29, 0.717) is 17.0 Å². The van der Waals surface area contributed by atoms with E-state index >= 15 is 0 Å². The van der Waals surface area contributed by atoms with Gasteiger partial charge < -0.3 is 0 Å². The lowest BCUT2D eigenvalue weighted by Crippen LogP contribution is -2.26. The van der Waals surface area contributed by atoms with E-state index in [2.05, 4.69) is 28.8 Å². The lowest BCUT2D eigenvalue weighted by atomic mass is 10.2. The smallest absolute Gasteiger partial charge is 0.267 e. The molecule has 0 unspecified atom stereocenters. The summed E-state index contributed by atoms with van der Waals surface area (Å²) in [6, 6.07) is 1.59. The van der Waals surface area contributed by atoms with Crippen molar-refractivity contribution in [3.05, 3.63) is 24.0 Å². The molecule has 0 spiro atoms. The number of alkyl halides is 2. The topological polar surface area (TPSA) is 69.0 Å². The van der Waals surface area contributed by atoms with Gasteiger partial charge >= 0.3 is 0 Å². The zero-order chi connectivity index (χ0) is 15.4. The van der Waals surface area contributed by atoms with E-state index in [1.165, 1.54) is 6.20 Å². The van der Waals surface area contributed by atoms with Gasteiger partial charge in [0.2, 0.25) is 0 Å². The molecule has 8 heteroatoms. The summed E-state index contributed by atoms with van der Waals surface area (Å²) < 4.78 is 25.6. The first-order valence-corrected chi connectivity index (χ1v) is 6.49. The first-order chi connectivity index (χ1) is 9.97. The molecule has 0 aliphatic rings. The van der Waals surface area contributed by atoms with Crippen LogP contribution in [0.5, 0.6) is 0 Å². The van der Waals surface area contributed by atoms with Gasteiger partial charge in [0.15, 0.2) is 5.65 Å². The van der Waals surface area contributed by atoms with Gasteiger partial charge in [0.25, 0.3) is 12.3 Å². The van der Waals surface area contributed by atoms with Gasteiger partial charge in [-0.3, -0.25) is 9.63 Å². The summed E-state index contributed by atoms with van der Waals surface area (Å²) in [5.41, 5.74) is 2.85. The molecule has 0 saturated heterocycles. The Bertz CT molecular complexity index is 628. The largest absolute Gasteiger partial charge is 0.276 e. The molecule has 0 atom stereocenters. The molecule has 0 radical (unpaired) electrons. The number of carbonyl (C=O) groups is 1. The maximum Gasteiger partial charge on any atom is 0.276 e. The predicted octanol–water partition coefficient (Wildman–Crippen LogP) is 2.01. The molecule has 2 aromatic heterocycles. The fraction of sp³-hybridized carbons (Fsp3) is 0.462. The summed E-state index contributed by atoms with van der Waals surface area (Å²) in [4.78, 5) is 20.3. The number of rotatable bonds is 6. The fourth-order valence-corrected chi connectivity index (χ4v) is 1.80. The molecule has 0 aromatic carbocycles. The molecule has 1 N–H and O–H groups in total. The van der Waals surface area contributed by atoms with Crippen LogP contribution < -0.4 is 5.48 Å². The number of nitrogens with one attached hydrogen (secondary N) is 1. The van der Waals surface area contributed by atoms with E-state index in [1.54, 1.807) is 16.9 Å². The van der Waals surface area contributed by atoms with Crippen LogP contribution in [0.25, 0.3) is 11.0 Å². The highest BCUT2D eigenvalue weighted by atomic mass is 19.3. The zero-order valence-corrected chi connectivity index (χ0v) is 11.7. The maximum atomic E-state index is 11.9. The molecule has 2 rings (SSSR count). The Morgan fingerprint density at radius 2 is 2.19 bits per heavy atom. The molecule has 0 bridgehead atoms. The highest BCUT2D eigenvalue weighted by Gasteiger charge is 2.12. The average molecular weight is 298 g/mol. The minimum atomic E-state index is -2.64. The number of amides is 1. The van der Waals surface area contributed by atoms with Crippen molar-refractivity contribution in [3.8, 4) is 0 Å². The van der Waals surface area contributed by atoms with E-state index in [1.807, 2.05) is 5.48 Å². The van der Waals surface area contributed by atoms with Gasteiger partial charge in [0, 0.05) is 18.1 Å². The van der Waals surface area contributed by atoms with Crippen LogP contribution in [0.15, 0.2) is 18.5 Å². The van der Waals surface area contributed by atoms with Crippen LogP contribution in [-0.4, -0.2) is 33.7 Å². The highest BCUT2D eigenvalue weighted by Crippen LogP contribution is 2.14. The second kappa shape index (κ2) is 6.57. The lowest BCUT2D eigenvalue weighted by Gasteiger charge is -2.07. The molecule has 1 amide bonds. The van der Waals surface area contributed by atoms with Crippen molar-refractivity contribution in [2.75, 3.05) is 6.61 Å². The molecule has 0 aliphatic heterocycles. The molecular weight excluding hydrogens is 282 g/mol. The Labute approximate surface area is 120 Å². The third kappa shape index (κ3) is 3.94. The van der Waals surface area contributed by atoms with Crippen LogP contribution in [-0.2, 0) is 11.4 Å². The van der Waals surface area contributed by atoms with Gasteiger partial charge in [-0.05, 0) is 12.0 Å². The van der Waals surface area contributed by atoms with Crippen LogP contribution in [0.1, 0.15) is 24.2 Å². The third-order valence-corrected chi connectivity index (χ3v) is 2.65. The number of pyridine rings is 1. The number of aromatic nitrogens is 3. The normalized spacial score (nSPS) is 11.5. The Kier molecular flexibility index (Phi) is 4.79. The molecule has 114 valence electrons. The van der Waals surface area contributed by atoms with Crippen LogP contribution in [0.4, 0.5) is 8.78 Å². The summed E-state index contributed by atoms with van der Waals surface area (Å²) in [5.74, 6) is -0.206. The standard InChI is InChI=1S/C13H16F2N4O2/c1-8(2)6-19-12-9(5-17-19)3-10(4-16-12)13(20)18-21-7-11(14)15/h3-5,8,11H,6-7H2,1-2H3,(H,18,20). The fourth-order valence-electron chi connectivity index (χ4n) is 1.80. The maximum absolute atomic E-state index is 11.9. The van der Waals surface area contributed by atoms with E-state index in [9.17, 15) is 13.6 Å². The Morgan fingerprint density at radius 3 is 2.86 bits per heavy atom. The van der Waals surface area contributed by atoms with E-state index in [4.69, 9.17) is 0 Å². The molecule has 2 heterocycles. The number of nitrogens with zero attached hydrogens (tertiary/aromatic N) is 3. The summed E-state index contributed by atoms with van der Waals surface area (Å²) in [5, 5.41) is 4.92. The molecular formula is C13H16F2N4O2. The van der Waals surface area contributed by atoms with Crippen molar-refractivity contribution in [2.24, 2.45) is 5.92 Å². The molecule has 0 fully saturated rings. The molecule has 21 heavy (non-hydrogen) atoms. The van der Waals surface area contributed by atoms with Gasteiger partial charge in [-0.2, -0.15) is 5.10 Å². The van der Waals surface area contributed by atoms with Gasteiger partial charge in [-0.15, -0.1) is 0 Å². The molecule has 0 aliphatic carbocycles. The quantitative estimate of drug-likeness (QED) is 0.828. The first-order valence-electron chi connectivity index (χ1n) is 6.49. The van der Waals surface area contributed by atoms with Crippen LogP contribution >= 0.6 is 0 Å². The SMILES string of the molecule is CC(C)Cn1ncc2cc(C(=O)NOCC(F)F)cnc21. The Hall–Kier alpha value is -2.09. The number of fused-ring (bicyclic) bond motifs is 1. The van der Waals surface area contributed by atoms with Gasteiger partial charge in [0.05, 0.1) is 11.8 Å². The van der Waals surface area contributed by atoms with E-state index < -0.39 is 18.9 Å². The number of hydrogen-bond acceptors (Lipinski definition) is 4. The summed E-state index contributed by atoms with van der Waals surface area (Å²) in [7, 11) is 0. The zero-order valence-electron chi connectivity index (χ0n) is 11.7. The lowest BCUT2D eigenvalue weighted by molar-refractivity contribution is -0.0253. The monoisotopic (exact) mass is 298 g/mol. The van der Waals surface area contributed by atoms with Crippen LogP contribution in [0.3, 0.4) is 0 Å². The van der Waals surface area contributed by atoms with E-state index in [0.717, 1.165) is 6.54 Å². The summed E-state index contributed by atoms with van der Waals surface area (Å²) in [6.45, 7) is 4.00. The number of carbonyl (C=O) groups excluding carboxylic acids is 1. The Morgan fingerprint density at radius 1 is 1.43 bits per heavy atom. The second-order valence-electron chi connectivity index (χ2n) is 4.99. The Balaban J connectivity index is 2.10. The van der Waals surface area contributed by atoms with E-state index in [-0.39, 0.29) is 5.56 Å². The molecule has 6 nitrogen and oxygen atoms in total. The van der Waals surface area contributed by atoms with Crippen LogP contribution in [0.2, 0.25) is 0 Å². The third-order valence-electron chi connectivity index (χ3n) is 2.65. The van der Waals surface area contributed by atoms with Gasteiger partial charge in [-0.25, -0.2) is 23.9 Å². The van der Waals surface area contributed by atoms with Crippen molar-refractivity contribution in [1.82, 2.24) is 20.2 Å². The number of hydrogen-bond donors (Lipinski definition) is 1. The number of halogens is 2. The van der Waals surface area contributed by atoms with Crippen molar-refractivity contribution >= 4 is 16.9 Å². The van der Waals surface area contributed by atoms with Crippen LogP contribution in [0, 0.1) is 5.92 Å². The van der Waals surface area contributed by atoms with Gasteiger partial charge in [-0.1, -0.05) is 13.8 Å². The first kappa shape index (κ1) is 15.3. The summed E-state index contributed by atoms with van der Waals surface area (Å²) in [6.07, 6.45) is 0.337. The minimum Gasteiger partial charge on any atom is -0.267 e. The minimum absolute atomic E-state index is 0.223. The summed E-state index contributed by atoms with van der Waals surface area (Å²) >= 11 is 0. The number of hydroxylamine groups is 1. The van der Waals surface area contributed by atoms with Crippen molar-refractivity contribution in [3.63, 3.8) is 0 Å². The predicted molar refractivity (Wildman–Crippen MR) is 71.8 cm³/mol. The van der Waals surface area contributed by atoms with Crippen molar-refractivity contribution < 1.29 is 18.4 Å². The highest BCUT2D eigenvalue weighted by molar-refractivity contribution is 5.96. The average Bonchev–Trinajstić information content (AvgIpc) is 2.80. The molecule has 0 saturated carbocycles. The van der Waals surface area contributed by atoms with Gasteiger partial charge in [0.1, 0.15) is 6.61 Å². The second-order valence-corrected chi connectivity index (χ2v) is 4.99. The van der Waals surface area contributed by atoms with Crippen molar-refractivity contribution in [2.45, 2.75) is 26.8 Å². The van der Waals surface area contributed by atoms with Crippen molar-refractivity contribution in [1.29, 1.82) is 0 Å². The molecule has 2 aromatic rings.